The number of ketones is 1. The third-order valence-electron chi connectivity index (χ3n) is 2.97. The molecule has 0 fully saturated rings. The Balaban J connectivity index is 2.22. The molecule has 4 nitrogen and oxygen atoms in total. The summed E-state index contributed by atoms with van der Waals surface area (Å²) in [6.07, 6.45) is 0. The van der Waals surface area contributed by atoms with Crippen LogP contribution in [0, 0.1) is 0 Å². The van der Waals surface area contributed by atoms with E-state index in [1.165, 1.54) is 46.8 Å². The highest BCUT2D eigenvalue weighted by molar-refractivity contribution is 9.10. The number of benzene rings is 1. The molecule has 0 aliphatic carbocycles. The van der Waals surface area contributed by atoms with Crippen molar-refractivity contribution in [2.24, 2.45) is 0 Å². The topological polar surface area (TPSA) is 54.5 Å². The fourth-order valence-corrected chi connectivity index (χ4v) is 4.52. The van der Waals surface area contributed by atoms with Crippen LogP contribution < -0.4 is 0 Å². The minimum absolute atomic E-state index is 0.0873. The molecule has 1 aromatic heterocycles. The molecule has 7 heteroatoms. The van der Waals surface area contributed by atoms with Gasteiger partial charge in [-0.3, -0.25) is 4.79 Å². The monoisotopic (exact) mass is 387 g/mol. The number of carbonyl (C=O) groups is 1. The van der Waals surface area contributed by atoms with Gasteiger partial charge in [0.2, 0.25) is 10.0 Å². The predicted octanol–water partition coefficient (Wildman–Crippen LogP) is 3.53. The van der Waals surface area contributed by atoms with Gasteiger partial charge in [-0.1, -0.05) is 12.1 Å². The average Bonchev–Trinajstić information content (AvgIpc) is 2.84. The van der Waals surface area contributed by atoms with E-state index in [0.717, 1.165) is 9.35 Å². The SMILES string of the molecule is CC(=O)c1ccc(S(=O)(=O)N(C)Cc2cc(Br)cs2)cc1. The van der Waals surface area contributed by atoms with Crippen LogP contribution in [0.2, 0.25) is 0 Å². The van der Waals surface area contributed by atoms with E-state index in [2.05, 4.69) is 15.9 Å². The summed E-state index contributed by atoms with van der Waals surface area (Å²) in [5.41, 5.74) is 0.499. The van der Waals surface area contributed by atoms with Crippen LogP contribution in [0.3, 0.4) is 0 Å². The summed E-state index contributed by atoms with van der Waals surface area (Å²) in [7, 11) is -2.01. The zero-order chi connectivity index (χ0) is 15.6. The van der Waals surface area contributed by atoms with Crippen LogP contribution in [0.15, 0.2) is 45.1 Å². The number of nitrogens with zero attached hydrogens (tertiary/aromatic N) is 1. The molecule has 0 aliphatic heterocycles. The van der Waals surface area contributed by atoms with Crippen LogP contribution in [-0.4, -0.2) is 25.6 Å². The molecule has 0 spiro atoms. The van der Waals surface area contributed by atoms with E-state index in [0.29, 0.717) is 12.1 Å². The lowest BCUT2D eigenvalue weighted by Gasteiger charge is -2.16. The molecule has 1 heterocycles. The first kappa shape index (κ1) is 16.4. The third-order valence-corrected chi connectivity index (χ3v) is 6.47. The van der Waals surface area contributed by atoms with Crippen molar-refractivity contribution >= 4 is 43.1 Å². The van der Waals surface area contributed by atoms with E-state index in [1.54, 1.807) is 7.05 Å². The van der Waals surface area contributed by atoms with Gasteiger partial charge < -0.3 is 0 Å². The van der Waals surface area contributed by atoms with E-state index < -0.39 is 10.0 Å². The highest BCUT2D eigenvalue weighted by atomic mass is 79.9. The lowest BCUT2D eigenvalue weighted by Crippen LogP contribution is -2.26. The Kier molecular flexibility index (Phi) is 4.98. The average molecular weight is 388 g/mol. The smallest absolute Gasteiger partial charge is 0.243 e. The molecule has 0 saturated carbocycles. The minimum atomic E-state index is -3.56. The number of rotatable bonds is 5. The van der Waals surface area contributed by atoms with Crippen molar-refractivity contribution in [1.82, 2.24) is 4.31 Å². The number of hydrogen-bond acceptors (Lipinski definition) is 4. The summed E-state index contributed by atoms with van der Waals surface area (Å²) >= 11 is 4.85. The molecule has 1 aromatic carbocycles. The van der Waals surface area contributed by atoms with Crippen LogP contribution >= 0.6 is 27.3 Å². The molecule has 0 unspecified atom stereocenters. The summed E-state index contributed by atoms with van der Waals surface area (Å²) < 4.78 is 27.2. The van der Waals surface area contributed by atoms with Gasteiger partial charge in [0.25, 0.3) is 0 Å². The van der Waals surface area contributed by atoms with Crippen LogP contribution in [0.25, 0.3) is 0 Å². The summed E-state index contributed by atoms with van der Waals surface area (Å²) in [5.74, 6) is -0.0873. The van der Waals surface area contributed by atoms with Crippen LogP contribution in [0.5, 0.6) is 0 Å². The Morgan fingerprint density at radius 1 is 1.29 bits per heavy atom. The molecule has 0 atom stereocenters. The zero-order valence-electron chi connectivity index (χ0n) is 11.5. The van der Waals surface area contributed by atoms with Gasteiger partial charge >= 0.3 is 0 Å². The van der Waals surface area contributed by atoms with Crippen molar-refractivity contribution in [3.05, 3.63) is 50.6 Å². The molecule has 0 bridgehead atoms. The summed E-state index contributed by atoms with van der Waals surface area (Å²) in [5, 5.41) is 1.91. The molecule has 2 aromatic rings. The van der Waals surface area contributed by atoms with Gasteiger partial charge in [0.1, 0.15) is 0 Å². The Morgan fingerprint density at radius 3 is 2.38 bits per heavy atom. The maximum atomic E-state index is 12.5. The van der Waals surface area contributed by atoms with Crippen LogP contribution in [0.1, 0.15) is 22.2 Å². The van der Waals surface area contributed by atoms with Crippen LogP contribution in [-0.2, 0) is 16.6 Å². The molecule has 2 rings (SSSR count). The van der Waals surface area contributed by atoms with E-state index >= 15 is 0 Å². The maximum Gasteiger partial charge on any atom is 0.243 e. The fraction of sp³-hybridized carbons (Fsp3) is 0.214. The van der Waals surface area contributed by atoms with Gasteiger partial charge in [-0.2, -0.15) is 4.31 Å². The largest absolute Gasteiger partial charge is 0.295 e. The molecule has 112 valence electrons. The third kappa shape index (κ3) is 3.79. The number of thiophene rings is 1. The van der Waals surface area contributed by atoms with Gasteiger partial charge in [-0.15, -0.1) is 11.3 Å². The Bertz CT molecular complexity index is 751. The van der Waals surface area contributed by atoms with Gasteiger partial charge in [0.05, 0.1) is 4.90 Å². The Labute approximate surface area is 136 Å². The molecular formula is C14H14BrNO3S2. The van der Waals surface area contributed by atoms with Crippen LogP contribution in [0.4, 0.5) is 0 Å². The fourth-order valence-electron chi connectivity index (χ4n) is 1.78. The zero-order valence-corrected chi connectivity index (χ0v) is 14.8. The Morgan fingerprint density at radius 2 is 1.90 bits per heavy atom. The van der Waals surface area contributed by atoms with E-state index in [4.69, 9.17) is 0 Å². The molecular weight excluding hydrogens is 374 g/mol. The van der Waals surface area contributed by atoms with Gasteiger partial charge in [-0.05, 0) is 41.1 Å². The first-order valence-electron chi connectivity index (χ1n) is 6.11. The predicted molar refractivity (Wildman–Crippen MR) is 87.1 cm³/mol. The standard InChI is InChI=1S/C14H14BrNO3S2/c1-10(17)11-3-5-14(6-4-11)21(18,19)16(2)8-13-7-12(15)9-20-13/h3-7,9H,8H2,1-2H3. The van der Waals surface area contributed by atoms with Gasteiger partial charge in [-0.25, -0.2) is 8.42 Å². The van der Waals surface area contributed by atoms with Gasteiger partial charge in [0.15, 0.2) is 5.78 Å². The quantitative estimate of drug-likeness (QED) is 0.737. The molecule has 0 saturated heterocycles. The highest BCUT2D eigenvalue weighted by Crippen LogP contribution is 2.23. The van der Waals surface area contributed by atoms with Gasteiger partial charge in [0, 0.05) is 33.9 Å². The van der Waals surface area contributed by atoms with Crippen molar-refractivity contribution < 1.29 is 13.2 Å². The normalized spacial score (nSPS) is 11.8. The van der Waals surface area contributed by atoms with Crippen molar-refractivity contribution in [3.63, 3.8) is 0 Å². The number of sulfonamides is 1. The van der Waals surface area contributed by atoms with Crippen molar-refractivity contribution in [3.8, 4) is 0 Å². The van der Waals surface area contributed by atoms with Crippen molar-refractivity contribution in [2.75, 3.05) is 7.05 Å². The second-order valence-electron chi connectivity index (χ2n) is 4.57. The number of hydrogen-bond donors (Lipinski definition) is 0. The Hall–Kier alpha value is -1.02. The molecule has 0 radical (unpaired) electrons. The number of halogens is 1. The summed E-state index contributed by atoms with van der Waals surface area (Å²) in [6.45, 7) is 1.76. The summed E-state index contributed by atoms with van der Waals surface area (Å²) in [6, 6.07) is 7.89. The molecule has 0 amide bonds. The maximum absolute atomic E-state index is 12.5. The van der Waals surface area contributed by atoms with E-state index in [9.17, 15) is 13.2 Å². The lowest BCUT2D eigenvalue weighted by atomic mass is 10.2. The molecule has 21 heavy (non-hydrogen) atoms. The first-order valence-corrected chi connectivity index (χ1v) is 9.22. The molecule has 0 aliphatic rings. The second kappa shape index (κ2) is 6.39. The van der Waals surface area contributed by atoms with E-state index in [1.807, 2.05) is 11.4 Å². The molecule has 0 N–H and O–H groups in total. The minimum Gasteiger partial charge on any atom is -0.295 e. The number of Topliss-reactive ketones (excluding diaryl/α,β-unsaturated/α-hetero) is 1. The van der Waals surface area contributed by atoms with Crippen molar-refractivity contribution in [2.45, 2.75) is 18.4 Å². The van der Waals surface area contributed by atoms with E-state index in [-0.39, 0.29) is 10.7 Å². The highest BCUT2D eigenvalue weighted by Gasteiger charge is 2.21. The lowest BCUT2D eigenvalue weighted by molar-refractivity contribution is 0.101. The first-order chi connectivity index (χ1) is 9.80. The van der Waals surface area contributed by atoms with Crippen molar-refractivity contribution in [1.29, 1.82) is 0 Å². The second-order valence-corrected chi connectivity index (χ2v) is 8.53. The number of carbonyl (C=O) groups excluding carboxylic acids is 1. The summed E-state index contributed by atoms with van der Waals surface area (Å²) in [4.78, 5) is 12.4.